The van der Waals surface area contributed by atoms with E-state index < -0.39 is 5.97 Å². The molecule has 28 heavy (non-hydrogen) atoms. The zero-order valence-electron chi connectivity index (χ0n) is 15.5. The summed E-state index contributed by atoms with van der Waals surface area (Å²) in [4.78, 5) is 23.9. The topological polar surface area (TPSA) is 82.5 Å². The number of ether oxygens (including phenoxy) is 2. The van der Waals surface area contributed by atoms with Crippen LogP contribution in [0.25, 0.3) is 5.69 Å². The normalized spacial score (nSPS) is 10.3. The molecule has 0 aliphatic heterocycles. The van der Waals surface area contributed by atoms with Gasteiger partial charge in [0.05, 0.1) is 17.8 Å². The average Bonchev–Trinajstić information content (AvgIpc) is 3.16. The van der Waals surface area contributed by atoms with E-state index >= 15 is 0 Å². The van der Waals surface area contributed by atoms with Crippen molar-refractivity contribution in [1.82, 2.24) is 15.1 Å². The number of esters is 1. The molecule has 3 aromatic rings. The number of rotatable bonds is 8. The van der Waals surface area contributed by atoms with Crippen molar-refractivity contribution >= 4 is 11.9 Å². The molecule has 0 saturated heterocycles. The van der Waals surface area contributed by atoms with Crippen LogP contribution >= 0.6 is 0 Å². The van der Waals surface area contributed by atoms with E-state index in [-0.39, 0.29) is 12.5 Å². The third-order valence-electron chi connectivity index (χ3n) is 3.95. The molecule has 144 valence electrons. The van der Waals surface area contributed by atoms with Gasteiger partial charge in [0.2, 0.25) is 0 Å². The molecule has 0 radical (unpaired) electrons. The number of hydrogen-bond acceptors (Lipinski definition) is 5. The van der Waals surface area contributed by atoms with Gasteiger partial charge in [-0.1, -0.05) is 18.2 Å². The molecule has 7 nitrogen and oxygen atoms in total. The highest BCUT2D eigenvalue weighted by Gasteiger charge is 2.11. The van der Waals surface area contributed by atoms with Gasteiger partial charge in [-0.2, -0.15) is 5.10 Å². The molecule has 1 N–H and O–H groups in total. The molecule has 0 aliphatic rings. The second kappa shape index (κ2) is 9.36. The largest absolute Gasteiger partial charge is 0.492 e. The quantitative estimate of drug-likeness (QED) is 0.480. The van der Waals surface area contributed by atoms with E-state index in [1.54, 1.807) is 35.1 Å². The minimum Gasteiger partial charge on any atom is -0.492 e. The summed E-state index contributed by atoms with van der Waals surface area (Å²) in [6.45, 7) is 2.25. The molecular weight excluding hydrogens is 358 g/mol. The molecular formula is C21H21N3O4. The van der Waals surface area contributed by atoms with Crippen LogP contribution in [-0.2, 0) is 9.53 Å². The first-order chi connectivity index (χ1) is 13.6. The zero-order valence-corrected chi connectivity index (χ0v) is 15.5. The fraction of sp³-hybridized carbons (Fsp3) is 0.190. The van der Waals surface area contributed by atoms with E-state index in [9.17, 15) is 9.59 Å². The van der Waals surface area contributed by atoms with Crippen molar-refractivity contribution in [3.8, 4) is 11.4 Å². The van der Waals surface area contributed by atoms with E-state index in [4.69, 9.17) is 9.47 Å². The number of amides is 1. The zero-order chi connectivity index (χ0) is 19.8. The van der Waals surface area contributed by atoms with E-state index in [2.05, 4.69) is 10.4 Å². The Hall–Kier alpha value is -3.61. The Bertz CT molecular complexity index is 920. The summed E-state index contributed by atoms with van der Waals surface area (Å²) in [5.41, 5.74) is 2.20. The summed E-state index contributed by atoms with van der Waals surface area (Å²) in [7, 11) is 0. The molecule has 1 heterocycles. The standard InChI is InChI=1S/C21H21N3O4/c1-16-11-12-23-24(16)18-9-7-17(8-10-18)21(26)28-15-20(25)22-13-14-27-19-5-3-2-4-6-19/h2-12H,13-15H2,1H3,(H,22,25). The summed E-state index contributed by atoms with van der Waals surface area (Å²) in [6.07, 6.45) is 1.71. The first-order valence-corrected chi connectivity index (χ1v) is 8.86. The maximum atomic E-state index is 12.1. The van der Waals surface area contributed by atoms with Crippen molar-refractivity contribution in [3.05, 3.63) is 78.1 Å². The van der Waals surface area contributed by atoms with E-state index in [1.807, 2.05) is 43.3 Å². The Kier molecular flexibility index (Phi) is 6.41. The fourth-order valence-corrected chi connectivity index (χ4v) is 2.52. The lowest BCUT2D eigenvalue weighted by atomic mass is 10.2. The van der Waals surface area contributed by atoms with Crippen molar-refractivity contribution in [3.63, 3.8) is 0 Å². The second-order valence-electron chi connectivity index (χ2n) is 6.02. The third-order valence-corrected chi connectivity index (χ3v) is 3.95. The summed E-state index contributed by atoms with van der Waals surface area (Å²) >= 11 is 0. The van der Waals surface area contributed by atoms with Crippen molar-refractivity contribution < 1.29 is 19.1 Å². The second-order valence-corrected chi connectivity index (χ2v) is 6.02. The van der Waals surface area contributed by atoms with Gasteiger partial charge < -0.3 is 14.8 Å². The summed E-state index contributed by atoms with van der Waals surface area (Å²) in [5, 5.41) is 6.85. The van der Waals surface area contributed by atoms with Crippen LogP contribution in [-0.4, -0.2) is 41.4 Å². The number of aryl methyl sites for hydroxylation is 1. The van der Waals surface area contributed by atoms with E-state index in [0.29, 0.717) is 18.7 Å². The first kappa shape index (κ1) is 19.2. The monoisotopic (exact) mass is 379 g/mol. The van der Waals surface area contributed by atoms with Crippen molar-refractivity contribution in [1.29, 1.82) is 0 Å². The highest BCUT2D eigenvalue weighted by Crippen LogP contribution is 2.12. The molecule has 1 amide bonds. The number of nitrogens with zero attached hydrogens (tertiary/aromatic N) is 2. The van der Waals surface area contributed by atoms with Crippen LogP contribution in [0.15, 0.2) is 66.9 Å². The summed E-state index contributed by atoms with van der Waals surface area (Å²) < 4.78 is 12.3. The molecule has 0 fully saturated rings. The lowest BCUT2D eigenvalue weighted by molar-refractivity contribution is -0.124. The van der Waals surface area contributed by atoms with Crippen LogP contribution in [0.1, 0.15) is 16.1 Å². The lowest BCUT2D eigenvalue weighted by Crippen LogP contribution is -2.32. The van der Waals surface area contributed by atoms with Gasteiger partial charge in [-0.3, -0.25) is 4.79 Å². The van der Waals surface area contributed by atoms with Gasteiger partial charge in [0.25, 0.3) is 5.91 Å². The van der Waals surface area contributed by atoms with E-state index in [0.717, 1.165) is 17.1 Å². The van der Waals surface area contributed by atoms with Gasteiger partial charge >= 0.3 is 5.97 Å². The van der Waals surface area contributed by atoms with Gasteiger partial charge in [-0.05, 0) is 49.4 Å². The first-order valence-electron chi connectivity index (χ1n) is 8.86. The average molecular weight is 379 g/mol. The number of benzene rings is 2. The maximum absolute atomic E-state index is 12.1. The molecule has 0 unspecified atom stereocenters. The van der Waals surface area contributed by atoms with Crippen molar-refractivity contribution in [2.45, 2.75) is 6.92 Å². The SMILES string of the molecule is Cc1ccnn1-c1ccc(C(=O)OCC(=O)NCCOc2ccccc2)cc1. The van der Waals surface area contributed by atoms with Crippen LogP contribution < -0.4 is 10.1 Å². The van der Waals surface area contributed by atoms with Crippen LogP contribution in [0.3, 0.4) is 0 Å². The molecule has 0 atom stereocenters. The minimum absolute atomic E-state index is 0.323. The van der Waals surface area contributed by atoms with Gasteiger partial charge in [0.15, 0.2) is 6.61 Å². The number of aromatic nitrogens is 2. The molecule has 0 spiro atoms. The molecule has 2 aromatic carbocycles. The predicted molar refractivity (Wildman–Crippen MR) is 104 cm³/mol. The Balaban J connectivity index is 1.40. The van der Waals surface area contributed by atoms with Gasteiger partial charge in [-0.25, -0.2) is 9.48 Å². The molecule has 7 heteroatoms. The molecule has 1 aromatic heterocycles. The van der Waals surface area contributed by atoms with Crippen LogP contribution in [0.4, 0.5) is 0 Å². The van der Waals surface area contributed by atoms with Gasteiger partial charge in [0.1, 0.15) is 12.4 Å². The molecule has 0 saturated carbocycles. The van der Waals surface area contributed by atoms with Crippen LogP contribution in [0.2, 0.25) is 0 Å². The highest BCUT2D eigenvalue weighted by molar-refractivity contribution is 5.91. The summed E-state index contributed by atoms with van der Waals surface area (Å²) in [5.74, 6) is -0.204. The predicted octanol–water partition coefficient (Wildman–Crippen LogP) is 2.53. The Morgan fingerprint density at radius 1 is 1.04 bits per heavy atom. The van der Waals surface area contributed by atoms with Crippen molar-refractivity contribution in [2.24, 2.45) is 0 Å². The number of nitrogens with one attached hydrogen (secondary N) is 1. The maximum Gasteiger partial charge on any atom is 0.338 e. The van der Waals surface area contributed by atoms with E-state index in [1.165, 1.54) is 0 Å². The minimum atomic E-state index is -0.556. The number of para-hydroxylation sites is 1. The van der Waals surface area contributed by atoms with Gasteiger partial charge in [-0.15, -0.1) is 0 Å². The fourth-order valence-electron chi connectivity index (χ4n) is 2.52. The molecule has 0 aliphatic carbocycles. The van der Waals surface area contributed by atoms with Crippen LogP contribution in [0.5, 0.6) is 5.75 Å². The van der Waals surface area contributed by atoms with Gasteiger partial charge in [0, 0.05) is 11.9 Å². The summed E-state index contributed by atoms with van der Waals surface area (Å²) in [6, 6.07) is 18.0. The Morgan fingerprint density at radius 2 is 1.79 bits per heavy atom. The molecule has 3 rings (SSSR count). The number of carbonyl (C=O) groups excluding carboxylic acids is 2. The van der Waals surface area contributed by atoms with Crippen LogP contribution in [0, 0.1) is 6.92 Å². The molecule has 0 bridgehead atoms. The Labute approximate surface area is 162 Å². The highest BCUT2D eigenvalue weighted by atomic mass is 16.5. The number of carbonyl (C=O) groups is 2. The smallest absolute Gasteiger partial charge is 0.338 e. The van der Waals surface area contributed by atoms with Crippen molar-refractivity contribution in [2.75, 3.05) is 19.8 Å². The number of hydrogen-bond donors (Lipinski definition) is 1. The Morgan fingerprint density at radius 3 is 2.46 bits per heavy atom. The third kappa shape index (κ3) is 5.20. The lowest BCUT2D eigenvalue weighted by Gasteiger charge is -2.09.